The molecule has 1 aromatic carbocycles. The van der Waals surface area contributed by atoms with Crippen molar-refractivity contribution in [3.63, 3.8) is 0 Å². The third kappa shape index (κ3) is 4.69. The number of amides is 1. The van der Waals surface area contributed by atoms with E-state index < -0.39 is 12.0 Å². The van der Waals surface area contributed by atoms with E-state index >= 15 is 0 Å². The first-order valence-electron chi connectivity index (χ1n) is 7.35. The van der Waals surface area contributed by atoms with Crippen molar-refractivity contribution in [2.75, 3.05) is 25.5 Å². The summed E-state index contributed by atoms with van der Waals surface area (Å²) < 4.78 is 37.8. The molecule has 0 radical (unpaired) electrons. The molecule has 0 atom stereocenters. The van der Waals surface area contributed by atoms with Crippen molar-refractivity contribution in [3.05, 3.63) is 24.0 Å². The lowest BCUT2D eigenvalue weighted by molar-refractivity contribution is -0.144. The number of carbonyl (C=O) groups is 1. The molecule has 2 N–H and O–H groups in total. The average Bonchev–Trinajstić information content (AvgIpc) is 2.88. The van der Waals surface area contributed by atoms with Gasteiger partial charge in [0.1, 0.15) is 0 Å². The Morgan fingerprint density at radius 2 is 2.13 bits per heavy atom. The maximum absolute atomic E-state index is 12.6. The van der Waals surface area contributed by atoms with Gasteiger partial charge in [-0.25, -0.2) is 4.98 Å². The van der Waals surface area contributed by atoms with Crippen LogP contribution in [0.5, 0.6) is 0 Å². The average molecular weight is 328 g/mol. The lowest BCUT2D eigenvalue weighted by atomic mass is 10.2. The van der Waals surface area contributed by atoms with Crippen molar-refractivity contribution in [3.8, 4) is 0 Å². The minimum absolute atomic E-state index is 0.204. The molecule has 23 heavy (non-hydrogen) atoms. The number of unbranched alkanes of at least 4 members (excludes halogenated alkanes) is 1. The van der Waals surface area contributed by atoms with Gasteiger partial charge in [-0.1, -0.05) is 13.3 Å². The van der Waals surface area contributed by atoms with Crippen LogP contribution in [0.2, 0.25) is 0 Å². The standard InChI is InChI=1S/C15H19F3N4O/c1-3-4-7-22(2)9-13(23)19-10-5-6-11-12(8-10)21-14(20-11)15(16,17)18/h5-6,8H,3-4,7,9H2,1-2H3,(H,19,23)(H,20,21). The van der Waals surface area contributed by atoms with Gasteiger partial charge in [0.25, 0.3) is 0 Å². The number of fused-ring (bicyclic) bond motifs is 1. The third-order valence-corrected chi connectivity index (χ3v) is 3.34. The number of carbonyl (C=O) groups excluding carboxylic acids is 1. The first kappa shape index (κ1) is 17.3. The Bertz CT molecular complexity index is 681. The maximum atomic E-state index is 12.6. The Kier molecular flexibility index (Phi) is 5.25. The number of aromatic nitrogens is 2. The SMILES string of the molecule is CCCCN(C)CC(=O)Nc1ccc2nc(C(F)(F)F)[nH]c2c1. The smallest absolute Gasteiger partial charge is 0.334 e. The number of anilines is 1. The molecule has 0 spiro atoms. The number of rotatable bonds is 6. The molecule has 2 aromatic rings. The van der Waals surface area contributed by atoms with Crippen molar-refractivity contribution in [1.29, 1.82) is 0 Å². The van der Waals surface area contributed by atoms with Crippen LogP contribution < -0.4 is 5.32 Å². The second kappa shape index (κ2) is 6.99. The normalized spacial score (nSPS) is 12.1. The molecule has 8 heteroatoms. The summed E-state index contributed by atoms with van der Waals surface area (Å²) >= 11 is 0. The second-order valence-corrected chi connectivity index (χ2v) is 5.45. The number of imidazole rings is 1. The summed E-state index contributed by atoms with van der Waals surface area (Å²) in [4.78, 5) is 19.5. The van der Waals surface area contributed by atoms with E-state index in [4.69, 9.17) is 0 Å². The highest BCUT2D eigenvalue weighted by atomic mass is 19.4. The zero-order chi connectivity index (χ0) is 17.0. The summed E-state index contributed by atoms with van der Waals surface area (Å²) in [6.45, 7) is 3.12. The lowest BCUT2D eigenvalue weighted by Gasteiger charge is -2.15. The first-order valence-corrected chi connectivity index (χ1v) is 7.35. The van der Waals surface area contributed by atoms with Gasteiger partial charge in [-0.3, -0.25) is 9.69 Å². The van der Waals surface area contributed by atoms with E-state index in [1.807, 2.05) is 11.9 Å². The Balaban J connectivity index is 2.04. The molecule has 5 nitrogen and oxygen atoms in total. The van der Waals surface area contributed by atoms with Gasteiger partial charge in [0.15, 0.2) is 0 Å². The molecule has 0 fully saturated rings. The zero-order valence-corrected chi connectivity index (χ0v) is 13.0. The number of likely N-dealkylation sites (N-methyl/N-ethyl adjacent to an activating group) is 1. The molecule has 0 saturated heterocycles. The van der Waals surface area contributed by atoms with Crippen molar-refractivity contribution >= 4 is 22.6 Å². The van der Waals surface area contributed by atoms with Crippen LogP contribution in [-0.4, -0.2) is 40.9 Å². The van der Waals surface area contributed by atoms with Crippen molar-refractivity contribution in [2.24, 2.45) is 0 Å². The number of alkyl halides is 3. The van der Waals surface area contributed by atoms with Crippen LogP contribution in [0.4, 0.5) is 18.9 Å². The molecule has 1 aromatic heterocycles. The second-order valence-electron chi connectivity index (χ2n) is 5.45. The number of hydrogen-bond donors (Lipinski definition) is 2. The molecule has 0 bridgehead atoms. The van der Waals surface area contributed by atoms with Crippen LogP contribution in [0.3, 0.4) is 0 Å². The summed E-state index contributed by atoms with van der Waals surface area (Å²) in [5.74, 6) is -1.26. The zero-order valence-electron chi connectivity index (χ0n) is 13.0. The molecule has 126 valence electrons. The van der Waals surface area contributed by atoms with Crippen LogP contribution in [0.1, 0.15) is 25.6 Å². The number of nitrogens with zero attached hydrogens (tertiary/aromatic N) is 2. The molecule has 1 amide bonds. The fraction of sp³-hybridized carbons (Fsp3) is 0.467. The fourth-order valence-corrected chi connectivity index (χ4v) is 2.17. The largest absolute Gasteiger partial charge is 0.449 e. The van der Waals surface area contributed by atoms with Crippen molar-refractivity contribution < 1.29 is 18.0 Å². The first-order chi connectivity index (χ1) is 10.8. The Labute approximate surface area is 131 Å². The number of benzene rings is 1. The maximum Gasteiger partial charge on any atom is 0.449 e. The highest BCUT2D eigenvalue weighted by Crippen LogP contribution is 2.29. The molecule has 0 aliphatic carbocycles. The van der Waals surface area contributed by atoms with E-state index in [9.17, 15) is 18.0 Å². The quantitative estimate of drug-likeness (QED) is 0.856. The molecule has 0 saturated carbocycles. The van der Waals surface area contributed by atoms with Gasteiger partial charge in [0.05, 0.1) is 17.6 Å². The van der Waals surface area contributed by atoms with Gasteiger partial charge in [-0.2, -0.15) is 13.2 Å². The van der Waals surface area contributed by atoms with Gasteiger partial charge in [-0.15, -0.1) is 0 Å². The summed E-state index contributed by atoms with van der Waals surface area (Å²) in [5.41, 5.74) is 0.869. The van der Waals surface area contributed by atoms with Crippen LogP contribution in [0, 0.1) is 0 Å². The van der Waals surface area contributed by atoms with Crippen LogP contribution in [0.25, 0.3) is 11.0 Å². The van der Waals surface area contributed by atoms with Gasteiger partial charge < -0.3 is 10.3 Å². The van der Waals surface area contributed by atoms with Crippen LogP contribution >= 0.6 is 0 Å². The predicted octanol–water partition coefficient (Wildman–Crippen LogP) is 3.25. The molecule has 1 heterocycles. The molecule has 0 aliphatic heterocycles. The molecule has 0 aliphatic rings. The Morgan fingerprint density at radius 3 is 2.78 bits per heavy atom. The highest BCUT2D eigenvalue weighted by molar-refractivity contribution is 5.94. The summed E-state index contributed by atoms with van der Waals surface area (Å²) in [6.07, 6.45) is -2.47. The fourth-order valence-electron chi connectivity index (χ4n) is 2.17. The van der Waals surface area contributed by atoms with Gasteiger partial charge in [-0.05, 0) is 38.2 Å². The monoisotopic (exact) mass is 328 g/mol. The van der Waals surface area contributed by atoms with Crippen LogP contribution in [0.15, 0.2) is 18.2 Å². The number of H-pyrrole nitrogens is 1. The van der Waals surface area contributed by atoms with E-state index in [0.717, 1.165) is 19.4 Å². The van der Waals surface area contributed by atoms with E-state index in [0.29, 0.717) is 5.69 Å². The van der Waals surface area contributed by atoms with E-state index in [1.54, 1.807) is 0 Å². The Morgan fingerprint density at radius 1 is 1.39 bits per heavy atom. The summed E-state index contributed by atoms with van der Waals surface area (Å²) in [7, 11) is 1.85. The molecular formula is C15H19F3N4O. The molecular weight excluding hydrogens is 309 g/mol. The van der Waals surface area contributed by atoms with Gasteiger partial charge >= 0.3 is 6.18 Å². The minimum atomic E-state index is -4.52. The topological polar surface area (TPSA) is 61.0 Å². The van der Waals surface area contributed by atoms with Gasteiger partial charge in [0, 0.05) is 5.69 Å². The highest BCUT2D eigenvalue weighted by Gasteiger charge is 2.34. The van der Waals surface area contributed by atoms with Gasteiger partial charge in [0.2, 0.25) is 11.7 Å². The summed E-state index contributed by atoms with van der Waals surface area (Å²) in [6, 6.07) is 4.42. The third-order valence-electron chi connectivity index (χ3n) is 3.34. The minimum Gasteiger partial charge on any atom is -0.334 e. The summed E-state index contributed by atoms with van der Waals surface area (Å²) in [5, 5.41) is 2.68. The Hall–Kier alpha value is -2.09. The van der Waals surface area contributed by atoms with E-state index in [2.05, 4.69) is 22.2 Å². The molecule has 0 unspecified atom stereocenters. The number of halogens is 3. The van der Waals surface area contributed by atoms with Crippen molar-refractivity contribution in [2.45, 2.75) is 25.9 Å². The number of nitrogens with one attached hydrogen (secondary N) is 2. The molecule has 2 rings (SSSR count). The van der Waals surface area contributed by atoms with E-state index in [-0.39, 0.29) is 23.5 Å². The predicted molar refractivity (Wildman–Crippen MR) is 82.1 cm³/mol. The number of hydrogen-bond acceptors (Lipinski definition) is 3. The van der Waals surface area contributed by atoms with Crippen LogP contribution in [-0.2, 0) is 11.0 Å². The number of aromatic amines is 1. The van der Waals surface area contributed by atoms with E-state index in [1.165, 1.54) is 18.2 Å². The lowest BCUT2D eigenvalue weighted by Crippen LogP contribution is -2.30. The van der Waals surface area contributed by atoms with Crippen molar-refractivity contribution in [1.82, 2.24) is 14.9 Å².